The molecule has 1 aromatic rings. The quantitative estimate of drug-likeness (QED) is 0.283. The minimum absolute atomic E-state index is 0.0236. The predicted molar refractivity (Wildman–Crippen MR) is 153 cm³/mol. The number of hydrogen-bond acceptors (Lipinski definition) is 11. The average molecular weight is 598 g/mol. The number of ketones is 4. The summed E-state index contributed by atoms with van der Waals surface area (Å²) in [5.74, 6) is -11.2. The molecule has 1 saturated heterocycles. The number of carbonyl (C=O) groups is 6. The molecule has 232 valence electrons. The smallest absolute Gasteiger partial charge is 0.237 e. The lowest BCUT2D eigenvalue weighted by Gasteiger charge is -2.52. The molecule has 2 saturated carbocycles. The van der Waals surface area contributed by atoms with E-state index in [1.165, 1.54) is 4.90 Å². The zero-order valence-corrected chi connectivity index (χ0v) is 25.0. The Labute approximate surface area is 249 Å². The lowest BCUT2D eigenvalue weighted by molar-refractivity contribution is -0.181. The van der Waals surface area contributed by atoms with E-state index in [0.29, 0.717) is 17.7 Å². The Morgan fingerprint density at radius 3 is 2.37 bits per heavy atom. The molecule has 1 aliphatic heterocycles. The summed E-state index contributed by atoms with van der Waals surface area (Å²) in [4.78, 5) is 85.1. The monoisotopic (exact) mass is 597 g/mol. The minimum atomic E-state index is -2.78. The van der Waals surface area contributed by atoms with E-state index in [2.05, 4.69) is 5.32 Å². The molecular weight excluding hydrogens is 558 g/mol. The van der Waals surface area contributed by atoms with Crippen LogP contribution in [0.3, 0.4) is 0 Å². The molecule has 5 rings (SSSR count). The molecule has 0 aromatic heterocycles. The average Bonchev–Trinajstić information content (AvgIpc) is 3.35. The van der Waals surface area contributed by atoms with E-state index < -0.39 is 64.4 Å². The van der Waals surface area contributed by atoms with Crippen LogP contribution >= 0.6 is 0 Å². The third-order valence-corrected chi connectivity index (χ3v) is 9.87. The SMILES string of the molecule is CN(C)c1cc(CNC(=O)C2CCCN2C)c(O)c2c1C[C@H]1C[C@H]3[C@H](N(C)C)C(=O)C(C(N)=O)C(=O)[C@@]3(O)C(=O)C1C2=O. The van der Waals surface area contributed by atoms with Crippen molar-refractivity contribution in [1.82, 2.24) is 15.1 Å². The van der Waals surface area contributed by atoms with Crippen molar-refractivity contribution in [2.45, 2.75) is 49.9 Å². The molecule has 2 amide bonds. The summed E-state index contributed by atoms with van der Waals surface area (Å²) in [5.41, 5.74) is 3.90. The third-order valence-electron chi connectivity index (χ3n) is 9.87. The van der Waals surface area contributed by atoms with Gasteiger partial charge in [0.25, 0.3) is 0 Å². The molecule has 3 aliphatic carbocycles. The second-order valence-electron chi connectivity index (χ2n) is 12.8. The highest BCUT2D eigenvalue weighted by molar-refractivity contribution is 6.32. The third kappa shape index (κ3) is 4.56. The zero-order chi connectivity index (χ0) is 31.7. The normalized spacial score (nSPS) is 32.3. The van der Waals surface area contributed by atoms with Gasteiger partial charge in [-0.25, -0.2) is 0 Å². The highest BCUT2D eigenvalue weighted by Gasteiger charge is 2.69. The lowest BCUT2D eigenvalue weighted by Crippen LogP contribution is -2.74. The highest BCUT2D eigenvalue weighted by Crippen LogP contribution is 2.52. The number of amides is 2. The Morgan fingerprint density at radius 1 is 1.14 bits per heavy atom. The maximum Gasteiger partial charge on any atom is 0.237 e. The molecule has 0 bridgehead atoms. The number of rotatable bonds is 6. The predicted octanol–water partition coefficient (Wildman–Crippen LogP) is -1.36. The fourth-order valence-electron chi connectivity index (χ4n) is 7.78. The number of likely N-dealkylation sites (tertiary alicyclic amines) is 1. The van der Waals surface area contributed by atoms with Crippen LogP contribution in [0.15, 0.2) is 6.07 Å². The van der Waals surface area contributed by atoms with E-state index in [1.807, 2.05) is 11.9 Å². The van der Waals surface area contributed by atoms with Crippen molar-refractivity contribution < 1.29 is 39.0 Å². The van der Waals surface area contributed by atoms with Crippen LogP contribution < -0.4 is 16.0 Å². The van der Waals surface area contributed by atoms with Gasteiger partial charge in [0, 0.05) is 37.8 Å². The number of nitrogens with zero attached hydrogens (tertiary/aromatic N) is 3. The maximum absolute atomic E-state index is 14.1. The van der Waals surface area contributed by atoms with Gasteiger partial charge in [-0.3, -0.25) is 38.6 Å². The second kappa shape index (κ2) is 10.8. The van der Waals surface area contributed by atoms with Gasteiger partial charge in [-0.1, -0.05) is 0 Å². The number of aliphatic hydroxyl groups is 1. The Kier molecular flexibility index (Phi) is 7.72. The molecule has 7 atom stereocenters. The number of primary amides is 1. The lowest BCUT2D eigenvalue weighted by atomic mass is 9.52. The number of nitrogens with two attached hydrogens (primary N) is 1. The van der Waals surface area contributed by atoms with Crippen molar-refractivity contribution in [1.29, 1.82) is 0 Å². The molecule has 1 aromatic carbocycles. The van der Waals surface area contributed by atoms with Crippen LogP contribution in [0.2, 0.25) is 0 Å². The number of phenols is 1. The first-order chi connectivity index (χ1) is 20.1. The molecule has 5 N–H and O–H groups in total. The molecule has 13 heteroatoms. The van der Waals surface area contributed by atoms with Crippen LogP contribution in [-0.2, 0) is 36.9 Å². The molecule has 13 nitrogen and oxygen atoms in total. The topological polar surface area (TPSA) is 191 Å². The van der Waals surface area contributed by atoms with Gasteiger partial charge >= 0.3 is 0 Å². The molecule has 0 radical (unpaired) electrons. The van der Waals surface area contributed by atoms with Crippen molar-refractivity contribution in [3.8, 4) is 5.75 Å². The standard InChI is InChI=1S/C30H39N5O8/c1-33(2)18-11-14(12-32-29(42)17-7-6-8-35(17)5)23(36)20-15(18)9-13-10-16-22(34(3)4)25(38)21(28(31)41)27(40)30(16,43)26(39)19(13)24(20)37/h11,13,16-17,19,21-22,36,43H,6-10,12H2,1-5H3,(H2,31,41)(H,32,42)/t13-,16-,17?,19?,21?,22-,30-/m0/s1. The Balaban J connectivity index is 1.55. The van der Waals surface area contributed by atoms with Crippen LogP contribution in [0.5, 0.6) is 5.75 Å². The van der Waals surface area contributed by atoms with Crippen molar-refractivity contribution in [2.24, 2.45) is 29.4 Å². The Hall–Kier alpha value is -3.68. The first-order valence-corrected chi connectivity index (χ1v) is 14.5. The van der Waals surface area contributed by atoms with E-state index in [4.69, 9.17) is 5.73 Å². The van der Waals surface area contributed by atoms with Crippen molar-refractivity contribution in [2.75, 3.05) is 46.7 Å². The van der Waals surface area contributed by atoms with Gasteiger partial charge < -0.3 is 26.2 Å². The van der Waals surface area contributed by atoms with Gasteiger partial charge in [0.15, 0.2) is 34.7 Å². The number of fused-ring (bicyclic) bond motifs is 3. The first kappa shape index (κ1) is 30.8. The number of likely N-dealkylation sites (N-methyl/N-ethyl adjacent to an activating group) is 2. The van der Waals surface area contributed by atoms with E-state index >= 15 is 0 Å². The summed E-state index contributed by atoms with van der Waals surface area (Å²) in [6.45, 7) is 0.743. The minimum Gasteiger partial charge on any atom is -0.507 e. The van der Waals surface area contributed by atoms with Gasteiger partial charge in [0.2, 0.25) is 11.8 Å². The first-order valence-electron chi connectivity index (χ1n) is 14.5. The Morgan fingerprint density at radius 2 is 1.81 bits per heavy atom. The molecule has 0 spiro atoms. The van der Waals surface area contributed by atoms with Gasteiger partial charge in [-0.05, 0) is 70.9 Å². The van der Waals surface area contributed by atoms with Crippen LogP contribution in [0.25, 0.3) is 0 Å². The van der Waals surface area contributed by atoms with E-state index in [0.717, 1.165) is 13.0 Å². The van der Waals surface area contributed by atoms with E-state index in [-0.39, 0.29) is 48.2 Å². The summed E-state index contributed by atoms with van der Waals surface area (Å²) in [6.07, 6.45) is 1.75. The van der Waals surface area contributed by atoms with Gasteiger partial charge in [-0.2, -0.15) is 0 Å². The molecule has 43 heavy (non-hydrogen) atoms. The van der Waals surface area contributed by atoms with Crippen LogP contribution in [-0.4, -0.2) is 114 Å². The highest BCUT2D eigenvalue weighted by atomic mass is 16.3. The van der Waals surface area contributed by atoms with Crippen LogP contribution in [0.4, 0.5) is 5.69 Å². The zero-order valence-electron chi connectivity index (χ0n) is 25.0. The van der Waals surface area contributed by atoms with Gasteiger partial charge in [-0.15, -0.1) is 0 Å². The van der Waals surface area contributed by atoms with Crippen molar-refractivity contribution in [3.05, 3.63) is 22.8 Å². The molecule has 1 heterocycles. The summed E-state index contributed by atoms with van der Waals surface area (Å²) < 4.78 is 0. The van der Waals surface area contributed by atoms with Gasteiger partial charge in [0.05, 0.1) is 23.6 Å². The fourth-order valence-corrected chi connectivity index (χ4v) is 7.78. The maximum atomic E-state index is 14.1. The van der Waals surface area contributed by atoms with E-state index in [9.17, 15) is 39.0 Å². The number of phenolic OH excluding ortho intramolecular Hbond substituents is 1. The number of nitrogens with one attached hydrogen (secondary N) is 1. The molecular formula is C30H39N5O8. The van der Waals surface area contributed by atoms with Crippen LogP contribution in [0, 0.1) is 23.7 Å². The second-order valence-corrected chi connectivity index (χ2v) is 12.8. The van der Waals surface area contributed by atoms with E-state index in [1.54, 1.807) is 39.2 Å². The summed E-state index contributed by atoms with van der Waals surface area (Å²) in [7, 11) is 8.50. The number of anilines is 1. The summed E-state index contributed by atoms with van der Waals surface area (Å²) in [6, 6.07) is 0.252. The summed E-state index contributed by atoms with van der Waals surface area (Å²) >= 11 is 0. The largest absolute Gasteiger partial charge is 0.507 e. The number of carbonyl (C=O) groups excluding carboxylic acids is 6. The number of Topliss-reactive ketones (excluding diaryl/α,β-unsaturated/α-hetero) is 4. The molecule has 3 unspecified atom stereocenters. The Bertz CT molecular complexity index is 1440. The number of benzene rings is 1. The molecule has 4 aliphatic rings. The fraction of sp³-hybridized carbons (Fsp3) is 0.600. The summed E-state index contributed by atoms with van der Waals surface area (Å²) in [5, 5.41) is 26.0. The van der Waals surface area contributed by atoms with Crippen molar-refractivity contribution >= 4 is 40.6 Å². The molecule has 3 fully saturated rings. The van der Waals surface area contributed by atoms with Crippen LogP contribution in [0.1, 0.15) is 40.7 Å². The number of aromatic hydroxyl groups is 1. The number of hydrogen-bond donors (Lipinski definition) is 4. The van der Waals surface area contributed by atoms with Crippen molar-refractivity contribution in [3.63, 3.8) is 0 Å². The van der Waals surface area contributed by atoms with Gasteiger partial charge in [0.1, 0.15) is 5.75 Å².